The third-order valence-corrected chi connectivity index (χ3v) is 5.84. The van der Waals surface area contributed by atoms with Crippen molar-refractivity contribution in [1.82, 2.24) is 14.9 Å². The molecule has 7 heteroatoms. The van der Waals surface area contributed by atoms with Crippen LogP contribution in [0, 0.1) is 5.92 Å². The smallest absolute Gasteiger partial charge is 0.223 e. The Bertz CT molecular complexity index is 873. The number of imidazole rings is 1. The molecule has 0 radical (unpaired) electrons. The number of aromatic nitrogens is 2. The van der Waals surface area contributed by atoms with E-state index in [2.05, 4.69) is 14.9 Å². The Hall–Kier alpha value is -2.54. The van der Waals surface area contributed by atoms with Gasteiger partial charge in [0.2, 0.25) is 5.91 Å². The molecule has 1 aromatic heterocycles. The number of hydrogen-bond acceptors (Lipinski definition) is 5. The van der Waals surface area contributed by atoms with Crippen molar-refractivity contribution in [3.8, 4) is 22.8 Å². The molecule has 1 aromatic carbocycles. The molecule has 3 heterocycles. The zero-order chi connectivity index (χ0) is 18.9. The maximum Gasteiger partial charge on any atom is 0.223 e. The first-order chi connectivity index (χ1) is 13.8. The Labute approximate surface area is 164 Å². The van der Waals surface area contributed by atoms with Crippen LogP contribution in [0.15, 0.2) is 24.4 Å². The van der Waals surface area contributed by atoms with Crippen molar-refractivity contribution in [2.45, 2.75) is 44.9 Å². The highest BCUT2D eigenvalue weighted by Crippen LogP contribution is 2.35. The number of rotatable bonds is 4. The van der Waals surface area contributed by atoms with Gasteiger partial charge in [0, 0.05) is 18.0 Å². The van der Waals surface area contributed by atoms with E-state index < -0.39 is 0 Å². The van der Waals surface area contributed by atoms with Crippen molar-refractivity contribution in [3.05, 3.63) is 30.2 Å². The van der Waals surface area contributed by atoms with E-state index in [1.54, 1.807) is 0 Å². The number of benzene rings is 1. The van der Waals surface area contributed by atoms with Crippen molar-refractivity contribution in [1.29, 1.82) is 0 Å². The lowest BCUT2D eigenvalue weighted by atomic mass is 10.1. The summed E-state index contributed by atoms with van der Waals surface area (Å²) in [6.45, 7) is 2.81. The summed E-state index contributed by atoms with van der Waals surface area (Å²) in [6.07, 6.45) is 6.17. The Kier molecular flexibility index (Phi) is 4.68. The van der Waals surface area contributed by atoms with Crippen molar-refractivity contribution >= 4 is 5.91 Å². The van der Waals surface area contributed by atoms with Gasteiger partial charge in [0.25, 0.3) is 0 Å². The summed E-state index contributed by atoms with van der Waals surface area (Å²) in [4.78, 5) is 16.8. The lowest BCUT2D eigenvalue weighted by Gasteiger charge is -2.27. The van der Waals surface area contributed by atoms with E-state index in [4.69, 9.17) is 14.2 Å². The topological polar surface area (TPSA) is 74.6 Å². The number of carbonyl (C=O) groups excluding carboxylic acids is 1. The summed E-state index contributed by atoms with van der Waals surface area (Å²) in [5.74, 6) is 2.81. The van der Waals surface area contributed by atoms with Gasteiger partial charge in [-0.1, -0.05) is 12.8 Å². The fourth-order valence-electron chi connectivity index (χ4n) is 4.29. The largest absolute Gasteiger partial charge is 0.486 e. The zero-order valence-corrected chi connectivity index (χ0v) is 15.9. The molecule has 1 N–H and O–H groups in total. The van der Waals surface area contributed by atoms with E-state index >= 15 is 0 Å². The van der Waals surface area contributed by atoms with Crippen LogP contribution in [0.3, 0.4) is 0 Å². The number of carbonyl (C=O) groups is 1. The first-order valence-corrected chi connectivity index (χ1v) is 10.1. The van der Waals surface area contributed by atoms with Crippen LogP contribution in [0.2, 0.25) is 0 Å². The van der Waals surface area contributed by atoms with Gasteiger partial charge >= 0.3 is 0 Å². The molecule has 1 saturated carbocycles. The van der Waals surface area contributed by atoms with Gasteiger partial charge in [-0.2, -0.15) is 0 Å². The highest BCUT2D eigenvalue weighted by Gasteiger charge is 2.26. The predicted octanol–water partition coefficient (Wildman–Crippen LogP) is 2.53. The van der Waals surface area contributed by atoms with E-state index in [1.165, 1.54) is 0 Å². The number of nitrogens with zero attached hydrogens (tertiary/aromatic N) is 2. The monoisotopic (exact) mass is 383 g/mol. The van der Waals surface area contributed by atoms with Crippen molar-refractivity contribution in [2.75, 3.05) is 19.8 Å². The van der Waals surface area contributed by atoms with E-state index in [1.807, 2.05) is 24.4 Å². The molecule has 0 saturated heterocycles. The van der Waals surface area contributed by atoms with Gasteiger partial charge in [-0.25, -0.2) is 4.98 Å². The number of hydrogen-bond donors (Lipinski definition) is 1. The summed E-state index contributed by atoms with van der Waals surface area (Å²) >= 11 is 0. The molecule has 1 unspecified atom stereocenters. The third kappa shape index (κ3) is 3.35. The first-order valence-electron chi connectivity index (χ1n) is 10.1. The second kappa shape index (κ2) is 7.47. The second-order valence-electron chi connectivity index (χ2n) is 7.69. The molecular formula is C21H25N3O4. The van der Waals surface area contributed by atoms with Crippen LogP contribution in [0.5, 0.6) is 11.5 Å². The molecule has 5 rings (SSSR count). The lowest BCUT2D eigenvalue weighted by molar-refractivity contribution is -0.125. The molecule has 7 nitrogen and oxygen atoms in total. The van der Waals surface area contributed by atoms with Crippen molar-refractivity contribution in [2.24, 2.45) is 5.92 Å². The van der Waals surface area contributed by atoms with Gasteiger partial charge < -0.3 is 24.1 Å². The Morgan fingerprint density at radius 2 is 2.00 bits per heavy atom. The minimum Gasteiger partial charge on any atom is -0.486 e. The Morgan fingerprint density at radius 3 is 2.86 bits per heavy atom. The molecule has 148 valence electrons. The Morgan fingerprint density at radius 1 is 1.18 bits per heavy atom. The van der Waals surface area contributed by atoms with E-state index in [-0.39, 0.29) is 17.9 Å². The second-order valence-corrected chi connectivity index (χ2v) is 7.69. The standard InChI is InChI=1S/C21H25N3O4/c25-21(14-3-1-2-4-14)23-10-16-12-24-17(11-22-20(24)13-28-16)15-5-6-18-19(9-15)27-8-7-26-18/h5-6,9,11,14,16H,1-4,7-8,10,12-13H2,(H,23,25). The minimum atomic E-state index is -0.0528. The molecule has 2 aliphatic heterocycles. The van der Waals surface area contributed by atoms with Crippen LogP contribution in [0.1, 0.15) is 31.5 Å². The van der Waals surface area contributed by atoms with Crippen LogP contribution < -0.4 is 14.8 Å². The Balaban J connectivity index is 1.29. The van der Waals surface area contributed by atoms with Crippen LogP contribution in [0.25, 0.3) is 11.3 Å². The molecule has 2 aromatic rings. The number of ether oxygens (including phenoxy) is 3. The van der Waals surface area contributed by atoms with Gasteiger partial charge in [-0.05, 0) is 31.0 Å². The van der Waals surface area contributed by atoms with Crippen LogP contribution in [-0.2, 0) is 22.7 Å². The van der Waals surface area contributed by atoms with E-state index in [0.717, 1.165) is 54.3 Å². The summed E-state index contributed by atoms with van der Waals surface area (Å²) in [6, 6.07) is 5.98. The van der Waals surface area contributed by atoms with E-state index in [0.29, 0.717) is 32.9 Å². The normalized spacial score (nSPS) is 21.4. The highest BCUT2D eigenvalue weighted by molar-refractivity contribution is 5.78. The van der Waals surface area contributed by atoms with Gasteiger partial charge in [-0.15, -0.1) is 0 Å². The van der Waals surface area contributed by atoms with Gasteiger partial charge in [0.05, 0.1) is 24.5 Å². The van der Waals surface area contributed by atoms with Crippen molar-refractivity contribution < 1.29 is 19.0 Å². The molecule has 0 spiro atoms. The van der Waals surface area contributed by atoms with Crippen LogP contribution in [-0.4, -0.2) is 41.3 Å². The quantitative estimate of drug-likeness (QED) is 0.878. The molecule has 1 aliphatic carbocycles. The number of amides is 1. The maximum atomic E-state index is 12.3. The first kappa shape index (κ1) is 17.6. The molecule has 28 heavy (non-hydrogen) atoms. The molecule has 1 fully saturated rings. The summed E-state index contributed by atoms with van der Waals surface area (Å²) in [5.41, 5.74) is 2.07. The molecule has 1 atom stereocenters. The lowest BCUT2D eigenvalue weighted by Crippen LogP contribution is -2.40. The van der Waals surface area contributed by atoms with Crippen LogP contribution >= 0.6 is 0 Å². The number of nitrogens with one attached hydrogen (secondary N) is 1. The van der Waals surface area contributed by atoms with Gasteiger partial charge in [-0.3, -0.25) is 4.79 Å². The van der Waals surface area contributed by atoms with Gasteiger partial charge in [0.1, 0.15) is 25.6 Å². The summed E-state index contributed by atoms with van der Waals surface area (Å²) in [5, 5.41) is 3.08. The fourth-order valence-corrected chi connectivity index (χ4v) is 4.29. The van der Waals surface area contributed by atoms with Crippen LogP contribution in [0.4, 0.5) is 0 Å². The maximum absolute atomic E-state index is 12.3. The molecular weight excluding hydrogens is 358 g/mol. The van der Waals surface area contributed by atoms with Gasteiger partial charge in [0.15, 0.2) is 11.5 Å². The number of fused-ring (bicyclic) bond motifs is 2. The minimum absolute atomic E-state index is 0.0528. The SMILES string of the molecule is O=C(NCC1Cn2c(-c3ccc4c(c3)OCCO4)cnc2CO1)C1CCCC1. The zero-order valence-electron chi connectivity index (χ0n) is 15.9. The average Bonchev–Trinajstić information content (AvgIpc) is 3.41. The third-order valence-electron chi connectivity index (χ3n) is 5.84. The van der Waals surface area contributed by atoms with Crippen molar-refractivity contribution in [3.63, 3.8) is 0 Å². The molecule has 1 amide bonds. The predicted molar refractivity (Wildman–Crippen MR) is 102 cm³/mol. The highest BCUT2D eigenvalue weighted by atomic mass is 16.6. The fraction of sp³-hybridized carbons (Fsp3) is 0.524. The molecule has 0 bridgehead atoms. The summed E-state index contributed by atoms with van der Waals surface area (Å²) < 4.78 is 19.4. The average molecular weight is 383 g/mol. The molecule has 3 aliphatic rings. The summed E-state index contributed by atoms with van der Waals surface area (Å²) in [7, 11) is 0. The van der Waals surface area contributed by atoms with E-state index in [9.17, 15) is 4.79 Å².